The largest absolute Gasteiger partial charge is 0.504 e. The quantitative estimate of drug-likeness (QED) is 0.553. The van der Waals surface area contributed by atoms with Crippen molar-refractivity contribution < 1.29 is 19.7 Å². The fourth-order valence-corrected chi connectivity index (χ4v) is 2.59. The Balaban J connectivity index is 2.66. The van der Waals surface area contributed by atoms with E-state index in [1.807, 2.05) is 24.3 Å². The van der Waals surface area contributed by atoms with E-state index in [9.17, 15) is 10.2 Å². The first-order valence-corrected chi connectivity index (χ1v) is 6.16. The number of phenolic OH excluding ortho intramolecular Hbond substituents is 2. The minimum absolute atomic E-state index is 0.187. The molecule has 0 atom stereocenters. The van der Waals surface area contributed by atoms with E-state index in [1.54, 1.807) is 13.2 Å². The number of fused-ring (bicyclic) bond motifs is 2. The van der Waals surface area contributed by atoms with E-state index in [4.69, 9.17) is 9.47 Å². The van der Waals surface area contributed by atoms with Gasteiger partial charge in [0.2, 0.25) is 0 Å². The molecule has 0 radical (unpaired) electrons. The Kier molecular flexibility index (Phi) is 2.79. The second-order valence-corrected chi connectivity index (χ2v) is 4.47. The van der Waals surface area contributed by atoms with Crippen molar-refractivity contribution in [3.8, 4) is 23.0 Å². The molecule has 0 heterocycles. The summed E-state index contributed by atoms with van der Waals surface area (Å²) in [6.07, 6.45) is 0. The molecule has 0 amide bonds. The summed E-state index contributed by atoms with van der Waals surface area (Å²) in [6.45, 7) is 0. The van der Waals surface area contributed by atoms with Crippen LogP contribution in [0.15, 0.2) is 36.4 Å². The Labute approximate surface area is 115 Å². The summed E-state index contributed by atoms with van der Waals surface area (Å²) in [5, 5.41) is 22.7. The smallest absolute Gasteiger partial charge is 0.169 e. The van der Waals surface area contributed by atoms with E-state index in [0.717, 1.165) is 10.8 Å². The van der Waals surface area contributed by atoms with Crippen LogP contribution in [0.5, 0.6) is 23.0 Å². The van der Waals surface area contributed by atoms with Gasteiger partial charge in [0.05, 0.1) is 19.6 Å². The molecule has 3 aromatic carbocycles. The van der Waals surface area contributed by atoms with Crippen molar-refractivity contribution in [3.05, 3.63) is 36.4 Å². The zero-order chi connectivity index (χ0) is 14.3. The summed E-state index contributed by atoms with van der Waals surface area (Å²) in [6, 6.07) is 10.8. The highest BCUT2D eigenvalue weighted by atomic mass is 16.5. The lowest BCUT2D eigenvalue weighted by atomic mass is 9.99. The predicted octanol–water partition coefficient (Wildman–Crippen LogP) is 3.42. The van der Waals surface area contributed by atoms with Gasteiger partial charge < -0.3 is 19.7 Å². The van der Waals surface area contributed by atoms with Crippen LogP contribution < -0.4 is 9.47 Å². The highest BCUT2D eigenvalue weighted by Gasteiger charge is 2.19. The standard InChI is InChI=1S/C16H14O4/c1-19-15-9-5-3-4-6-10(9)16(20-2)13-11(15)7-8-12(17)14(13)18/h3-8,17-18H,1-2H3. The van der Waals surface area contributed by atoms with Crippen LogP contribution in [0, 0.1) is 0 Å². The molecular weight excluding hydrogens is 256 g/mol. The van der Waals surface area contributed by atoms with Crippen molar-refractivity contribution in [3.63, 3.8) is 0 Å². The number of hydrogen-bond acceptors (Lipinski definition) is 4. The summed E-state index contributed by atoms with van der Waals surface area (Å²) in [5.74, 6) is 0.771. The molecule has 0 fully saturated rings. The van der Waals surface area contributed by atoms with E-state index in [0.29, 0.717) is 22.3 Å². The van der Waals surface area contributed by atoms with Crippen LogP contribution >= 0.6 is 0 Å². The monoisotopic (exact) mass is 270 g/mol. The van der Waals surface area contributed by atoms with Crippen molar-refractivity contribution in [2.45, 2.75) is 0 Å². The molecule has 0 bridgehead atoms. The third-order valence-electron chi connectivity index (χ3n) is 3.45. The van der Waals surface area contributed by atoms with E-state index >= 15 is 0 Å². The maximum Gasteiger partial charge on any atom is 0.169 e. The van der Waals surface area contributed by atoms with Crippen LogP contribution in [0.3, 0.4) is 0 Å². The van der Waals surface area contributed by atoms with Gasteiger partial charge >= 0.3 is 0 Å². The first kappa shape index (κ1) is 12.4. The van der Waals surface area contributed by atoms with Crippen LogP contribution in [-0.2, 0) is 0 Å². The molecule has 4 heteroatoms. The van der Waals surface area contributed by atoms with Gasteiger partial charge in [-0.05, 0) is 12.1 Å². The minimum Gasteiger partial charge on any atom is -0.504 e. The van der Waals surface area contributed by atoms with Gasteiger partial charge in [0.1, 0.15) is 11.5 Å². The zero-order valence-electron chi connectivity index (χ0n) is 11.2. The average molecular weight is 270 g/mol. The van der Waals surface area contributed by atoms with Gasteiger partial charge in [0.15, 0.2) is 11.5 Å². The highest BCUT2D eigenvalue weighted by molar-refractivity contribution is 6.13. The van der Waals surface area contributed by atoms with Gasteiger partial charge in [-0.2, -0.15) is 0 Å². The van der Waals surface area contributed by atoms with Crippen LogP contribution in [0.2, 0.25) is 0 Å². The van der Waals surface area contributed by atoms with E-state index in [1.165, 1.54) is 13.2 Å². The van der Waals surface area contributed by atoms with Crippen LogP contribution in [0.4, 0.5) is 0 Å². The fourth-order valence-electron chi connectivity index (χ4n) is 2.59. The van der Waals surface area contributed by atoms with Gasteiger partial charge in [0, 0.05) is 16.2 Å². The molecule has 0 saturated carbocycles. The SMILES string of the molecule is COc1c2ccccc2c(OC)c2c(O)c(O)ccc12. The van der Waals surface area contributed by atoms with Crippen molar-refractivity contribution >= 4 is 21.5 Å². The average Bonchev–Trinajstić information content (AvgIpc) is 2.48. The first-order chi connectivity index (χ1) is 9.69. The van der Waals surface area contributed by atoms with Crippen LogP contribution in [0.1, 0.15) is 0 Å². The predicted molar refractivity (Wildman–Crippen MR) is 77.9 cm³/mol. The second kappa shape index (κ2) is 4.49. The lowest BCUT2D eigenvalue weighted by Crippen LogP contribution is -1.93. The molecule has 4 nitrogen and oxygen atoms in total. The summed E-state index contributed by atoms with van der Waals surface area (Å²) in [5.41, 5.74) is 0. The van der Waals surface area contributed by atoms with Crippen molar-refractivity contribution in [2.75, 3.05) is 14.2 Å². The van der Waals surface area contributed by atoms with E-state index in [2.05, 4.69) is 0 Å². The topological polar surface area (TPSA) is 58.9 Å². The van der Waals surface area contributed by atoms with Crippen LogP contribution in [0.25, 0.3) is 21.5 Å². The molecule has 3 rings (SSSR count). The Hall–Kier alpha value is -2.62. The Morgan fingerprint density at radius 3 is 1.95 bits per heavy atom. The molecule has 0 aliphatic carbocycles. The maximum absolute atomic E-state index is 10.2. The van der Waals surface area contributed by atoms with Gasteiger partial charge in [-0.15, -0.1) is 0 Å². The normalized spacial score (nSPS) is 10.9. The summed E-state index contributed by atoms with van der Waals surface area (Å²) < 4.78 is 10.9. The number of phenols is 2. The molecule has 102 valence electrons. The highest BCUT2D eigenvalue weighted by Crippen LogP contribution is 2.48. The molecule has 0 saturated heterocycles. The van der Waals surface area contributed by atoms with Crippen LogP contribution in [-0.4, -0.2) is 24.4 Å². The third kappa shape index (κ3) is 1.54. The maximum atomic E-state index is 10.2. The number of aromatic hydroxyl groups is 2. The number of ether oxygens (including phenoxy) is 2. The van der Waals surface area contributed by atoms with Gasteiger partial charge in [-0.25, -0.2) is 0 Å². The molecule has 0 aromatic heterocycles. The molecule has 0 aliphatic heterocycles. The molecular formula is C16H14O4. The van der Waals surface area contributed by atoms with Crippen molar-refractivity contribution in [1.82, 2.24) is 0 Å². The van der Waals surface area contributed by atoms with Gasteiger partial charge in [-0.1, -0.05) is 24.3 Å². The molecule has 0 aliphatic rings. The van der Waals surface area contributed by atoms with E-state index in [-0.39, 0.29) is 11.5 Å². The lowest BCUT2D eigenvalue weighted by molar-refractivity contribution is 0.398. The summed E-state index contributed by atoms with van der Waals surface area (Å²) in [7, 11) is 3.12. The molecule has 2 N–H and O–H groups in total. The molecule has 20 heavy (non-hydrogen) atoms. The number of benzene rings is 3. The Morgan fingerprint density at radius 1 is 0.750 bits per heavy atom. The molecule has 0 unspecified atom stereocenters. The Bertz CT molecular complexity index is 809. The number of hydrogen-bond donors (Lipinski definition) is 2. The third-order valence-corrected chi connectivity index (χ3v) is 3.45. The number of methoxy groups -OCH3 is 2. The number of rotatable bonds is 2. The zero-order valence-corrected chi connectivity index (χ0v) is 11.2. The molecule has 0 spiro atoms. The first-order valence-electron chi connectivity index (χ1n) is 6.16. The second-order valence-electron chi connectivity index (χ2n) is 4.47. The van der Waals surface area contributed by atoms with E-state index < -0.39 is 0 Å². The Morgan fingerprint density at radius 2 is 1.35 bits per heavy atom. The van der Waals surface area contributed by atoms with Crippen molar-refractivity contribution in [1.29, 1.82) is 0 Å². The van der Waals surface area contributed by atoms with Gasteiger partial charge in [-0.3, -0.25) is 0 Å². The van der Waals surface area contributed by atoms with Gasteiger partial charge in [0.25, 0.3) is 0 Å². The van der Waals surface area contributed by atoms with Crippen molar-refractivity contribution in [2.24, 2.45) is 0 Å². The fraction of sp³-hybridized carbons (Fsp3) is 0.125. The summed E-state index contributed by atoms with van der Waals surface area (Å²) in [4.78, 5) is 0. The molecule has 3 aromatic rings. The summed E-state index contributed by atoms with van der Waals surface area (Å²) >= 11 is 0. The lowest BCUT2D eigenvalue weighted by Gasteiger charge is -2.16. The minimum atomic E-state index is -0.205.